The lowest BCUT2D eigenvalue weighted by molar-refractivity contribution is 0.106. The molecule has 1 aromatic rings. The number of aryl methyl sites for hydroxylation is 2. The number of nitrogens with one attached hydrogen (secondary N) is 1. The number of aliphatic hydroxyl groups is 1. The maximum Gasteiger partial charge on any atom is 0.125 e. The average molecular weight is 272 g/mol. The summed E-state index contributed by atoms with van der Waals surface area (Å²) in [5.74, 6) is 0.814. The Morgan fingerprint density at radius 3 is 2.50 bits per heavy atom. The molecule has 4 heteroatoms. The summed E-state index contributed by atoms with van der Waals surface area (Å²) in [5.41, 5.74) is 1.99. The summed E-state index contributed by atoms with van der Waals surface area (Å²) >= 11 is 5.95. The van der Waals surface area contributed by atoms with Crippen molar-refractivity contribution in [2.75, 3.05) is 19.7 Å². The van der Waals surface area contributed by atoms with Gasteiger partial charge in [-0.1, -0.05) is 18.5 Å². The Morgan fingerprint density at radius 1 is 1.33 bits per heavy atom. The molecule has 0 aliphatic carbocycles. The van der Waals surface area contributed by atoms with Crippen LogP contribution in [0.1, 0.15) is 24.5 Å². The summed E-state index contributed by atoms with van der Waals surface area (Å²) in [7, 11) is 0. The van der Waals surface area contributed by atoms with Gasteiger partial charge in [0.05, 0.1) is 0 Å². The van der Waals surface area contributed by atoms with Gasteiger partial charge in [0.1, 0.15) is 18.5 Å². The van der Waals surface area contributed by atoms with E-state index >= 15 is 0 Å². The van der Waals surface area contributed by atoms with E-state index in [1.807, 2.05) is 26.0 Å². The van der Waals surface area contributed by atoms with Crippen LogP contribution >= 0.6 is 11.6 Å². The first-order chi connectivity index (χ1) is 8.54. The zero-order chi connectivity index (χ0) is 13.5. The van der Waals surface area contributed by atoms with Gasteiger partial charge in [0.15, 0.2) is 0 Å². The second-order valence-electron chi connectivity index (χ2n) is 4.54. The number of ether oxygens (including phenoxy) is 1. The number of benzene rings is 1. The fourth-order valence-electron chi connectivity index (χ4n) is 1.81. The molecule has 0 aromatic heterocycles. The quantitative estimate of drug-likeness (QED) is 0.750. The van der Waals surface area contributed by atoms with Gasteiger partial charge in [-0.05, 0) is 50.1 Å². The Kier molecular flexibility index (Phi) is 6.47. The highest BCUT2D eigenvalue weighted by atomic mass is 35.5. The SMILES string of the molecule is CCCNCC(O)COc1c(C)cc(Cl)cc1C. The average Bonchev–Trinajstić information content (AvgIpc) is 2.27. The summed E-state index contributed by atoms with van der Waals surface area (Å²) in [6.07, 6.45) is 0.564. The molecule has 0 saturated heterocycles. The molecular weight excluding hydrogens is 250 g/mol. The smallest absolute Gasteiger partial charge is 0.125 e. The number of rotatable bonds is 7. The van der Waals surface area contributed by atoms with Gasteiger partial charge in [0.2, 0.25) is 0 Å². The fourth-order valence-corrected chi connectivity index (χ4v) is 2.14. The van der Waals surface area contributed by atoms with Gasteiger partial charge in [-0.25, -0.2) is 0 Å². The topological polar surface area (TPSA) is 41.5 Å². The van der Waals surface area contributed by atoms with Crippen LogP contribution in [-0.2, 0) is 0 Å². The van der Waals surface area contributed by atoms with Gasteiger partial charge in [0.25, 0.3) is 0 Å². The second-order valence-corrected chi connectivity index (χ2v) is 4.97. The largest absolute Gasteiger partial charge is 0.490 e. The van der Waals surface area contributed by atoms with E-state index in [0.717, 1.165) is 29.8 Å². The first kappa shape index (κ1) is 15.3. The Morgan fingerprint density at radius 2 is 1.94 bits per heavy atom. The van der Waals surface area contributed by atoms with E-state index in [4.69, 9.17) is 16.3 Å². The second kappa shape index (κ2) is 7.62. The van der Waals surface area contributed by atoms with Crippen molar-refractivity contribution in [3.8, 4) is 5.75 Å². The molecule has 0 spiro atoms. The van der Waals surface area contributed by atoms with E-state index in [0.29, 0.717) is 18.2 Å². The molecule has 3 nitrogen and oxygen atoms in total. The van der Waals surface area contributed by atoms with Crippen molar-refractivity contribution < 1.29 is 9.84 Å². The summed E-state index contributed by atoms with van der Waals surface area (Å²) in [6, 6.07) is 3.73. The van der Waals surface area contributed by atoms with Crippen molar-refractivity contribution in [3.63, 3.8) is 0 Å². The maximum atomic E-state index is 9.76. The summed E-state index contributed by atoms with van der Waals surface area (Å²) < 4.78 is 5.67. The summed E-state index contributed by atoms with van der Waals surface area (Å²) in [4.78, 5) is 0. The highest BCUT2D eigenvalue weighted by Crippen LogP contribution is 2.27. The third-order valence-electron chi connectivity index (χ3n) is 2.65. The lowest BCUT2D eigenvalue weighted by Crippen LogP contribution is -2.32. The molecule has 0 amide bonds. The van der Waals surface area contributed by atoms with E-state index in [2.05, 4.69) is 12.2 Å². The van der Waals surface area contributed by atoms with Crippen molar-refractivity contribution >= 4 is 11.6 Å². The highest BCUT2D eigenvalue weighted by molar-refractivity contribution is 6.30. The summed E-state index contributed by atoms with van der Waals surface area (Å²) in [5, 5.41) is 13.6. The Bertz CT molecular complexity index is 359. The van der Waals surface area contributed by atoms with Crippen LogP contribution in [0.3, 0.4) is 0 Å². The van der Waals surface area contributed by atoms with E-state index < -0.39 is 6.10 Å². The third kappa shape index (κ3) is 4.84. The van der Waals surface area contributed by atoms with Crippen LogP contribution in [0.5, 0.6) is 5.75 Å². The number of aliphatic hydroxyl groups excluding tert-OH is 1. The van der Waals surface area contributed by atoms with Crippen LogP contribution in [0.25, 0.3) is 0 Å². The van der Waals surface area contributed by atoms with Crippen molar-refractivity contribution in [2.24, 2.45) is 0 Å². The molecule has 0 aliphatic heterocycles. The molecular formula is C14H22ClNO2. The van der Waals surface area contributed by atoms with Crippen molar-refractivity contribution in [3.05, 3.63) is 28.3 Å². The van der Waals surface area contributed by atoms with E-state index in [9.17, 15) is 5.11 Å². The first-order valence-corrected chi connectivity index (χ1v) is 6.70. The molecule has 1 unspecified atom stereocenters. The molecule has 1 aromatic carbocycles. The van der Waals surface area contributed by atoms with Gasteiger partial charge < -0.3 is 15.2 Å². The Hall–Kier alpha value is -0.770. The fraction of sp³-hybridized carbons (Fsp3) is 0.571. The lowest BCUT2D eigenvalue weighted by Gasteiger charge is -2.16. The van der Waals surface area contributed by atoms with Gasteiger partial charge in [-0.3, -0.25) is 0 Å². The Balaban J connectivity index is 2.48. The molecule has 0 radical (unpaired) electrons. The minimum Gasteiger partial charge on any atom is -0.490 e. The molecule has 0 heterocycles. The predicted octanol–water partition coefficient (Wildman–Crippen LogP) is 2.70. The maximum absolute atomic E-state index is 9.76. The van der Waals surface area contributed by atoms with Gasteiger partial charge in [-0.2, -0.15) is 0 Å². The molecule has 1 rings (SSSR count). The van der Waals surface area contributed by atoms with E-state index in [-0.39, 0.29) is 0 Å². The number of hydrogen-bond acceptors (Lipinski definition) is 3. The lowest BCUT2D eigenvalue weighted by atomic mass is 10.1. The van der Waals surface area contributed by atoms with Crippen LogP contribution in [0.2, 0.25) is 5.02 Å². The zero-order valence-corrected chi connectivity index (χ0v) is 12.0. The van der Waals surface area contributed by atoms with Gasteiger partial charge >= 0.3 is 0 Å². The minimum atomic E-state index is -0.494. The van der Waals surface area contributed by atoms with Crippen molar-refractivity contribution in [1.82, 2.24) is 5.32 Å². The third-order valence-corrected chi connectivity index (χ3v) is 2.87. The van der Waals surface area contributed by atoms with Gasteiger partial charge in [0, 0.05) is 11.6 Å². The minimum absolute atomic E-state index is 0.292. The normalized spacial score (nSPS) is 12.5. The van der Waals surface area contributed by atoms with Crippen LogP contribution in [0.4, 0.5) is 0 Å². The molecule has 1 atom stereocenters. The monoisotopic (exact) mass is 271 g/mol. The molecule has 102 valence electrons. The number of halogens is 1. The zero-order valence-electron chi connectivity index (χ0n) is 11.3. The molecule has 2 N–H and O–H groups in total. The van der Waals surface area contributed by atoms with Crippen LogP contribution < -0.4 is 10.1 Å². The predicted molar refractivity (Wildman–Crippen MR) is 75.6 cm³/mol. The molecule has 0 saturated carbocycles. The highest BCUT2D eigenvalue weighted by Gasteiger charge is 2.09. The van der Waals surface area contributed by atoms with Gasteiger partial charge in [-0.15, -0.1) is 0 Å². The van der Waals surface area contributed by atoms with Crippen LogP contribution in [-0.4, -0.2) is 30.9 Å². The summed E-state index contributed by atoms with van der Waals surface area (Å²) in [6.45, 7) is 7.76. The molecule has 0 fully saturated rings. The van der Waals surface area contributed by atoms with Crippen LogP contribution in [0, 0.1) is 13.8 Å². The first-order valence-electron chi connectivity index (χ1n) is 6.33. The molecule has 0 bridgehead atoms. The van der Waals surface area contributed by atoms with E-state index in [1.54, 1.807) is 0 Å². The number of hydrogen-bond donors (Lipinski definition) is 2. The molecule has 18 heavy (non-hydrogen) atoms. The standard InChI is InChI=1S/C14H22ClNO2/c1-4-5-16-8-13(17)9-18-14-10(2)6-12(15)7-11(14)3/h6-7,13,16-17H,4-5,8-9H2,1-3H3. The van der Waals surface area contributed by atoms with Crippen molar-refractivity contribution in [1.29, 1.82) is 0 Å². The van der Waals surface area contributed by atoms with E-state index in [1.165, 1.54) is 0 Å². The van der Waals surface area contributed by atoms with Crippen molar-refractivity contribution in [2.45, 2.75) is 33.3 Å². The van der Waals surface area contributed by atoms with Crippen LogP contribution in [0.15, 0.2) is 12.1 Å². The molecule has 0 aliphatic rings. The Labute approximate surface area is 114 Å².